The Bertz CT molecular complexity index is 834. The SMILES string of the molecule is CNc1nc(N2CCN(CCO)CC2)nc2c1C(=O)CC(c1ccccc1)C2. The second kappa shape index (κ2) is 8.24. The average molecular weight is 381 g/mol. The number of anilines is 2. The fourth-order valence-corrected chi connectivity index (χ4v) is 4.16. The van der Waals surface area contributed by atoms with Crippen LogP contribution in [0.25, 0.3) is 0 Å². The number of aliphatic hydroxyl groups excluding tert-OH is 1. The summed E-state index contributed by atoms with van der Waals surface area (Å²) in [5, 5.41) is 12.2. The Morgan fingerprint density at radius 1 is 1.11 bits per heavy atom. The largest absolute Gasteiger partial charge is 0.395 e. The standard InChI is InChI=1S/C21H27N5O2/c1-22-20-19-17(13-16(14-18(19)28)15-5-3-2-4-6-15)23-21(24-20)26-9-7-25(8-10-26)11-12-27/h2-6,16,27H,7-14H2,1H3,(H,22,23,24). The molecule has 0 amide bonds. The van der Waals surface area contributed by atoms with Crippen LogP contribution >= 0.6 is 0 Å². The molecular weight excluding hydrogens is 354 g/mol. The van der Waals surface area contributed by atoms with Gasteiger partial charge in [-0.25, -0.2) is 4.98 Å². The Morgan fingerprint density at radius 3 is 2.54 bits per heavy atom. The topological polar surface area (TPSA) is 81.6 Å². The van der Waals surface area contributed by atoms with Crippen molar-refractivity contribution in [3.05, 3.63) is 47.2 Å². The second-order valence-electron chi connectivity index (χ2n) is 7.44. The third kappa shape index (κ3) is 3.72. The number of aromatic nitrogens is 2. The van der Waals surface area contributed by atoms with Gasteiger partial charge in [-0.05, 0) is 17.9 Å². The molecular formula is C21H27N5O2. The molecule has 7 nitrogen and oxygen atoms in total. The minimum absolute atomic E-state index is 0.110. The zero-order valence-electron chi connectivity index (χ0n) is 16.3. The summed E-state index contributed by atoms with van der Waals surface area (Å²) in [6.07, 6.45) is 1.24. The molecule has 1 unspecified atom stereocenters. The van der Waals surface area contributed by atoms with Crippen LogP contribution in [-0.4, -0.2) is 72.1 Å². The van der Waals surface area contributed by atoms with Crippen molar-refractivity contribution in [2.75, 3.05) is 56.6 Å². The molecule has 148 valence electrons. The van der Waals surface area contributed by atoms with Crippen molar-refractivity contribution < 1.29 is 9.90 Å². The molecule has 1 saturated heterocycles. The lowest BCUT2D eigenvalue weighted by molar-refractivity contribution is 0.0963. The number of ketones is 1. The van der Waals surface area contributed by atoms with Crippen LogP contribution in [0.2, 0.25) is 0 Å². The monoisotopic (exact) mass is 381 g/mol. The molecule has 2 heterocycles. The summed E-state index contributed by atoms with van der Waals surface area (Å²) in [7, 11) is 1.81. The van der Waals surface area contributed by atoms with Crippen LogP contribution in [0.3, 0.4) is 0 Å². The van der Waals surface area contributed by atoms with Crippen molar-refractivity contribution in [3.63, 3.8) is 0 Å². The molecule has 0 bridgehead atoms. The zero-order valence-corrected chi connectivity index (χ0v) is 16.3. The van der Waals surface area contributed by atoms with E-state index in [1.807, 2.05) is 25.2 Å². The Hall–Kier alpha value is -2.51. The van der Waals surface area contributed by atoms with Gasteiger partial charge in [0.1, 0.15) is 5.82 Å². The van der Waals surface area contributed by atoms with E-state index in [2.05, 4.69) is 32.2 Å². The van der Waals surface area contributed by atoms with Gasteiger partial charge in [-0.2, -0.15) is 4.98 Å². The molecule has 1 aliphatic heterocycles. The first-order valence-electron chi connectivity index (χ1n) is 9.94. The number of nitrogens with one attached hydrogen (secondary N) is 1. The Balaban J connectivity index is 1.61. The fourth-order valence-electron chi connectivity index (χ4n) is 4.16. The van der Waals surface area contributed by atoms with Gasteiger partial charge in [0.2, 0.25) is 5.95 Å². The van der Waals surface area contributed by atoms with Gasteiger partial charge in [-0.15, -0.1) is 0 Å². The van der Waals surface area contributed by atoms with Gasteiger partial charge < -0.3 is 15.3 Å². The average Bonchev–Trinajstić information content (AvgIpc) is 2.74. The number of Topliss-reactive ketones (excluding diaryl/α,β-unsaturated/α-hetero) is 1. The number of hydrogen-bond donors (Lipinski definition) is 2. The summed E-state index contributed by atoms with van der Waals surface area (Å²) in [4.78, 5) is 26.8. The number of piperazine rings is 1. The van der Waals surface area contributed by atoms with Crippen molar-refractivity contribution in [2.45, 2.75) is 18.8 Å². The maximum Gasteiger partial charge on any atom is 0.227 e. The van der Waals surface area contributed by atoms with Gasteiger partial charge in [-0.1, -0.05) is 30.3 Å². The van der Waals surface area contributed by atoms with E-state index in [9.17, 15) is 4.79 Å². The molecule has 1 atom stereocenters. The van der Waals surface area contributed by atoms with E-state index in [4.69, 9.17) is 10.1 Å². The molecule has 1 aliphatic carbocycles. The molecule has 4 rings (SSSR count). The Kier molecular flexibility index (Phi) is 5.54. The highest BCUT2D eigenvalue weighted by Gasteiger charge is 2.32. The molecule has 2 N–H and O–H groups in total. The molecule has 0 radical (unpaired) electrons. The highest BCUT2D eigenvalue weighted by molar-refractivity contribution is 6.03. The molecule has 0 saturated carbocycles. The molecule has 0 spiro atoms. The molecule has 1 aromatic heterocycles. The first-order valence-corrected chi connectivity index (χ1v) is 9.94. The maximum atomic E-state index is 12.9. The number of benzene rings is 1. The third-order valence-corrected chi connectivity index (χ3v) is 5.70. The van der Waals surface area contributed by atoms with Crippen molar-refractivity contribution in [2.24, 2.45) is 0 Å². The fraction of sp³-hybridized carbons (Fsp3) is 0.476. The van der Waals surface area contributed by atoms with Crippen LogP contribution in [0.1, 0.15) is 34.0 Å². The van der Waals surface area contributed by atoms with Crippen molar-refractivity contribution in [1.82, 2.24) is 14.9 Å². The lowest BCUT2D eigenvalue weighted by atomic mass is 9.82. The molecule has 2 aliphatic rings. The number of carbonyl (C=O) groups is 1. The van der Waals surface area contributed by atoms with E-state index >= 15 is 0 Å². The number of carbonyl (C=O) groups excluding carboxylic acids is 1. The predicted molar refractivity (Wildman–Crippen MR) is 109 cm³/mol. The van der Waals surface area contributed by atoms with Crippen molar-refractivity contribution in [3.8, 4) is 0 Å². The van der Waals surface area contributed by atoms with E-state index in [0.29, 0.717) is 30.3 Å². The first kappa shape index (κ1) is 18.8. The molecule has 28 heavy (non-hydrogen) atoms. The van der Waals surface area contributed by atoms with Gasteiger partial charge in [0.15, 0.2) is 5.78 Å². The van der Waals surface area contributed by atoms with Crippen LogP contribution in [0, 0.1) is 0 Å². The van der Waals surface area contributed by atoms with Crippen molar-refractivity contribution >= 4 is 17.5 Å². The minimum atomic E-state index is 0.110. The van der Waals surface area contributed by atoms with Gasteiger partial charge >= 0.3 is 0 Å². The van der Waals surface area contributed by atoms with Gasteiger partial charge in [0, 0.05) is 46.2 Å². The summed E-state index contributed by atoms with van der Waals surface area (Å²) in [6.45, 7) is 4.27. The number of aliphatic hydroxyl groups is 1. The molecule has 1 aromatic carbocycles. The van der Waals surface area contributed by atoms with Crippen molar-refractivity contribution in [1.29, 1.82) is 0 Å². The van der Waals surface area contributed by atoms with Crippen LogP contribution in [-0.2, 0) is 6.42 Å². The number of rotatable bonds is 5. The summed E-state index contributed by atoms with van der Waals surface area (Å²) < 4.78 is 0. The van der Waals surface area contributed by atoms with E-state index < -0.39 is 0 Å². The molecule has 7 heteroatoms. The zero-order chi connectivity index (χ0) is 19.5. The number of fused-ring (bicyclic) bond motifs is 1. The van der Waals surface area contributed by atoms with Crippen LogP contribution in [0.4, 0.5) is 11.8 Å². The lowest BCUT2D eigenvalue weighted by Gasteiger charge is -2.35. The number of hydrogen-bond acceptors (Lipinski definition) is 7. The summed E-state index contributed by atoms with van der Waals surface area (Å²) >= 11 is 0. The normalized spacial score (nSPS) is 20.1. The highest BCUT2D eigenvalue weighted by Crippen LogP contribution is 2.35. The van der Waals surface area contributed by atoms with E-state index in [-0.39, 0.29) is 18.3 Å². The molecule has 1 fully saturated rings. The summed E-state index contributed by atoms with van der Waals surface area (Å²) in [5.41, 5.74) is 2.68. The smallest absolute Gasteiger partial charge is 0.227 e. The quantitative estimate of drug-likeness (QED) is 0.813. The maximum absolute atomic E-state index is 12.9. The second-order valence-corrected chi connectivity index (χ2v) is 7.44. The van der Waals surface area contributed by atoms with Gasteiger partial charge in [0.25, 0.3) is 0 Å². The third-order valence-electron chi connectivity index (χ3n) is 5.70. The van der Waals surface area contributed by atoms with Crippen LogP contribution in [0.5, 0.6) is 0 Å². The first-order chi connectivity index (χ1) is 13.7. The van der Waals surface area contributed by atoms with E-state index in [0.717, 1.165) is 38.3 Å². The highest BCUT2D eigenvalue weighted by atomic mass is 16.3. The minimum Gasteiger partial charge on any atom is -0.395 e. The summed E-state index contributed by atoms with van der Waals surface area (Å²) in [5.74, 6) is 1.59. The Labute approximate surface area is 165 Å². The van der Waals surface area contributed by atoms with Crippen LogP contribution in [0.15, 0.2) is 30.3 Å². The summed E-state index contributed by atoms with van der Waals surface area (Å²) in [6, 6.07) is 10.2. The molecule has 2 aromatic rings. The van der Waals surface area contributed by atoms with Crippen LogP contribution < -0.4 is 10.2 Å². The van der Waals surface area contributed by atoms with Gasteiger partial charge in [-0.3, -0.25) is 9.69 Å². The lowest BCUT2D eigenvalue weighted by Crippen LogP contribution is -2.48. The van der Waals surface area contributed by atoms with E-state index in [1.54, 1.807) is 0 Å². The number of nitrogens with zero attached hydrogens (tertiary/aromatic N) is 4. The van der Waals surface area contributed by atoms with Gasteiger partial charge in [0.05, 0.1) is 17.9 Å². The Morgan fingerprint density at radius 2 is 1.86 bits per heavy atom. The number of β-amino-alcohol motifs (C(OH)–C–C–N with tert-alkyl or cyclic N) is 1. The van der Waals surface area contributed by atoms with E-state index in [1.165, 1.54) is 5.56 Å². The predicted octanol–water partition coefficient (Wildman–Crippen LogP) is 1.55.